The molecule has 0 unspecified atom stereocenters. The Morgan fingerprint density at radius 1 is 1.00 bits per heavy atom. The van der Waals surface area contributed by atoms with E-state index in [0.29, 0.717) is 44.4 Å². The van der Waals surface area contributed by atoms with Crippen LogP contribution in [0.15, 0.2) is 86.2 Å². The molecule has 5 rings (SSSR count). The number of methoxy groups -OCH3 is 2. The minimum absolute atomic E-state index is 0.283. The Hall–Kier alpha value is -4.15. The fourth-order valence-electron chi connectivity index (χ4n) is 4.96. The van der Waals surface area contributed by atoms with Crippen LogP contribution in [-0.2, 0) is 16.1 Å². The predicted octanol–water partition coefficient (Wildman–Crippen LogP) is 5.85. The lowest BCUT2D eigenvalue weighted by Gasteiger charge is -2.26. The molecule has 4 aromatic rings. The molecule has 0 radical (unpaired) electrons. The van der Waals surface area contributed by atoms with Crippen LogP contribution >= 0.6 is 27.3 Å². The van der Waals surface area contributed by atoms with E-state index in [0.717, 1.165) is 15.6 Å². The van der Waals surface area contributed by atoms with Crippen molar-refractivity contribution >= 4 is 39.3 Å². The van der Waals surface area contributed by atoms with Gasteiger partial charge in [0.1, 0.15) is 18.4 Å². The average Bonchev–Trinajstić information content (AvgIpc) is 3.29. The third kappa shape index (κ3) is 6.51. The molecule has 44 heavy (non-hydrogen) atoms. The Labute approximate surface area is 268 Å². The molecule has 228 valence electrons. The SMILES string of the molecule is COc1cc(/C=c2\sc3n(c2=O)[C@H](c2cc(Br)ccc2OC)C(C(=O)OC(C)C)=C(C)N=3)ccc1OCc1ccc(C)cc1. The van der Waals surface area contributed by atoms with Gasteiger partial charge in [-0.25, -0.2) is 9.79 Å². The maximum atomic E-state index is 14.1. The number of rotatable bonds is 9. The molecule has 8 nitrogen and oxygen atoms in total. The first-order valence-electron chi connectivity index (χ1n) is 14.0. The summed E-state index contributed by atoms with van der Waals surface area (Å²) in [5.41, 5.74) is 4.09. The van der Waals surface area contributed by atoms with Gasteiger partial charge >= 0.3 is 5.97 Å². The van der Waals surface area contributed by atoms with Gasteiger partial charge in [0.2, 0.25) is 0 Å². The van der Waals surface area contributed by atoms with Crippen molar-refractivity contribution in [1.82, 2.24) is 4.57 Å². The predicted molar refractivity (Wildman–Crippen MR) is 174 cm³/mol. The van der Waals surface area contributed by atoms with Gasteiger partial charge in [-0.05, 0) is 75.2 Å². The van der Waals surface area contributed by atoms with Gasteiger partial charge in [-0.3, -0.25) is 9.36 Å². The van der Waals surface area contributed by atoms with Crippen LogP contribution < -0.4 is 29.1 Å². The van der Waals surface area contributed by atoms with Gasteiger partial charge < -0.3 is 18.9 Å². The second kappa shape index (κ2) is 13.2. The molecular formula is C34H33BrN2O6S. The zero-order valence-electron chi connectivity index (χ0n) is 25.3. The van der Waals surface area contributed by atoms with Gasteiger partial charge in [-0.1, -0.05) is 63.2 Å². The van der Waals surface area contributed by atoms with E-state index >= 15 is 0 Å². The topological polar surface area (TPSA) is 88.4 Å². The minimum Gasteiger partial charge on any atom is -0.496 e. The maximum absolute atomic E-state index is 14.1. The molecule has 0 N–H and O–H groups in total. The van der Waals surface area contributed by atoms with Gasteiger partial charge in [0.05, 0.1) is 36.1 Å². The van der Waals surface area contributed by atoms with Crippen molar-refractivity contribution in [1.29, 1.82) is 0 Å². The second-order valence-electron chi connectivity index (χ2n) is 10.6. The number of carbonyl (C=O) groups excluding carboxylic acids is 1. The molecule has 0 fully saturated rings. The fraction of sp³-hybridized carbons (Fsp3) is 0.265. The Balaban J connectivity index is 1.58. The first kappa shape index (κ1) is 31.3. The largest absolute Gasteiger partial charge is 0.496 e. The van der Waals surface area contributed by atoms with E-state index in [2.05, 4.69) is 20.9 Å². The lowest BCUT2D eigenvalue weighted by atomic mass is 9.95. The van der Waals surface area contributed by atoms with Crippen molar-refractivity contribution < 1.29 is 23.7 Å². The number of carbonyl (C=O) groups is 1. The molecule has 0 bridgehead atoms. The lowest BCUT2D eigenvalue weighted by Crippen LogP contribution is -2.40. The van der Waals surface area contributed by atoms with Crippen LogP contribution in [0.4, 0.5) is 0 Å². The minimum atomic E-state index is -0.806. The highest BCUT2D eigenvalue weighted by Gasteiger charge is 2.35. The third-order valence-electron chi connectivity index (χ3n) is 7.07. The number of fused-ring (bicyclic) bond motifs is 1. The normalized spacial score (nSPS) is 14.7. The number of thiazole rings is 1. The molecule has 10 heteroatoms. The van der Waals surface area contributed by atoms with Crippen molar-refractivity contribution in [3.63, 3.8) is 0 Å². The number of halogens is 1. The van der Waals surface area contributed by atoms with Gasteiger partial charge in [-0.2, -0.15) is 0 Å². The van der Waals surface area contributed by atoms with Gasteiger partial charge in [0.25, 0.3) is 5.56 Å². The molecule has 1 aliphatic heterocycles. The highest BCUT2D eigenvalue weighted by atomic mass is 79.9. The Morgan fingerprint density at radius 2 is 1.70 bits per heavy atom. The second-order valence-corrected chi connectivity index (χ2v) is 12.5. The van der Waals surface area contributed by atoms with E-state index in [1.54, 1.807) is 51.7 Å². The summed E-state index contributed by atoms with van der Waals surface area (Å²) in [7, 11) is 3.14. The Kier molecular flexibility index (Phi) is 9.41. The lowest BCUT2D eigenvalue weighted by molar-refractivity contribution is -0.143. The van der Waals surface area contributed by atoms with Crippen molar-refractivity contribution in [2.75, 3.05) is 14.2 Å². The van der Waals surface area contributed by atoms with Crippen LogP contribution in [0, 0.1) is 6.92 Å². The summed E-state index contributed by atoms with van der Waals surface area (Å²) in [6.07, 6.45) is 1.44. The third-order valence-corrected chi connectivity index (χ3v) is 8.55. The summed E-state index contributed by atoms with van der Waals surface area (Å²) in [5.74, 6) is 1.14. The monoisotopic (exact) mass is 676 g/mol. The number of hydrogen-bond donors (Lipinski definition) is 0. The summed E-state index contributed by atoms with van der Waals surface area (Å²) >= 11 is 4.78. The van der Waals surface area contributed by atoms with Crippen molar-refractivity contribution in [3.05, 3.63) is 118 Å². The number of allylic oxidation sites excluding steroid dienone is 1. The maximum Gasteiger partial charge on any atom is 0.338 e. The van der Waals surface area contributed by atoms with Crippen LogP contribution in [0.3, 0.4) is 0 Å². The standard InChI is InChI=1S/C34H33BrN2O6S/c1-19(2)43-33(39)30-21(4)36-34-37(31(30)25-17-24(35)12-14-26(25)40-5)32(38)29(44-34)16-23-11-13-27(28(15-23)41-6)42-18-22-9-7-20(3)8-10-22/h7-17,19,31H,18H2,1-6H3/b29-16-/t31-/m1/s1. The molecule has 0 spiro atoms. The molecule has 0 amide bonds. The van der Waals surface area contributed by atoms with Gasteiger partial charge in [-0.15, -0.1) is 0 Å². The first-order valence-corrected chi connectivity index (χ1v) is 15.6. The van der Waals surface area contributed by atoms with Crippen LogP contribution in [-0.4, -0.2) is 30.9 Å². The summed E-state index contributed by atoms with van der Waals surface area (Å²) in [5, 5.41) is 0. The molecule has 2 heterocycles. The molecule has 1 aliphatic rings. The number of aryl methyl sites for hydroxylation is 1. The molecule has 1 atom stereocenters. The Bertz CT molecular complexity index is 1920. The smallest absolute Gasteiger partial charge is 0.338 e. The molecule has 3 aromatic carbocycles. The summed E-state index contributed by atoms with van der Waals surface area (Å²) < 4.78 is 25.7. The number of benzene rings is 3. The van der Waals surface area contributed by atoms with E-state index in [-0.39, 0.29) is 17.2 Å². The molecule has 0 saturated heterocycles. The number of esters is 1. The quantitative estimate of drug-likeness (QED) is 0.207. The van der Waals surface area contributed by atoms with Crippen LogP contribution in [0.25, 0.3) is 6.08 Å². The highest BCUT2D eigenvalue weighted by Crippen LogP contribution is 2.37. The highest BCUT2D eigenvalue weighted by molar-refractivity contribution is 9.10. The van der Waals surface area contributed by atoms with Crippen molar-refractivity contribution in [2.45, 2.75) is 46.4 Å². The van der Waals surface area contributed by atoms with Crippen LogP contribution in [0.1, 0.15) is 49.1 Å². The van der Waals surface area contributed by atoms with E-state index < -0.39 is 12.0 Å². The number of aromatic nitrogens is 1. The molecule has 1 aromatic heterocycles. The molecule has 0 aliphatic carbocycles. The van der Waals surface area contributed by atoms with Gasteiger partial charge in [0, 0.05) is 10.0 Å². The summed E-state index contributed by atoms with van der Waals surface area (Å²) in [4.78, 5) is 32.7. The van der Waals surface area contributed by atoms with Crippen molar-refractivity contribution in [2.24, 2.45) is 4.99 Å². The van der Waals surface area contributed by atoms with Gasteiger partial charge in [0.15, 0.2) is 16.3 Å². The van der Waals surface area contributed by atoms with E-state index in [9.17, 15) is 9.59 Å². The number of ether oxygens (including phenoxy) is 4. The summed E-state index contributed by atoms with van der Waals surface area (Å²) in [6.45, 7) is 7.76. The van der Waals surface area contributed by atoms with Crippen LogP contribution in [0.2, 0.25) is 0 Å². The zero-order chi connectivity index (χ0) is 31.5. The molecular weight excluding hydrogens is 644 g/mol. The zero-order valence-corrected chi connectivity index (χ0v) is 27.7. The van der Waals surface area contributed by atoms with E-state index in [1.807, 2.05) is 61.5 Å². The fourth-order valence-corrected chi connectivity index (χ4v) is 6.39. The average molecular weight is 678 g/mol. The van der Waals surface area contributed by atoms with Crippen LogP contribution in [0.5, 0.6) is 17.2 Å². The Morgan fingerprint density at radius 3 is 2.39 bits per heavy atom. The summed E-state index contributed by atoms with van der Waals surface area (Å²) in [6, 6.07) is 18.4. The molecule has 0 saturated carbocycles. The van der Waals surface area contributed by atoms with E-state index in [1.165, 1.54) is 16.9 Å². The number of nitrogens with zero attached hydrogens (tertiary/aromatic N) is 2. The van der Waals surface area contributed by atoms with Crippen molar-refractivity contribution in [3.8, 4) is 17.2 Å². The van der Waals surface area contributed by atoms with E-state index in [4.69, 9.17) is 18.9 Å². The number of hydrogen-bond acceptors (Lipinski definition) is 8. The first-order chi connectivity index (χ1) is 21.1.